The van der Waals surface area contributed by atoms with Gasteiger partial charge in [-0.3, -0.25) is 0 Å². The molecule has 4 heteroatoms. The zero-order valence-electron chi connectivity index (χ0n) is 13.3. The minimum absolute atomic E-state index is 0.0288. The average Bonchev–Trinajstić information content (AvgIpc) is 2.63. The molecule has 1 aliphatic rings. The summed E-state index contributed by atoms with van der Waals surface area (Å²) in [6, 6.07) is 7.10. The molecule has 0 amide bonds. The fourth-order valence-corrected chi connectivity index (χ4v) is 4.95. The van der Waals surface area contributed by atoms with Crippen molar-refractivity contribution in [3.8, 4) is 0 Å². The molecule has 0 aromatic heterocycles. The van der Waals surface area contributed by atoms with E-state index in [1.807, 2.05) is 12.1 Å². The van der Waals surface area contributed by atoms with Crippen LogP contribution < -0.4 is 5.73 Å². The van der Waals surface area contributed by atoms with Crippen LogP contribution >= 0.6 is 0 Å². The Balaban J connectivity index is 2.30. The summed E-state index contributed by atoms with van der Waals surface area (Å²) in [6.45, 7) is 6.37. The molecule has 1 aromatic rings. The van der Waals surface area contributed by atoms with E-state index in [0.717, 1.165) is 31.2 Å². The SMILES string of the molecule is CC(C)(C)c1ccc(S(=O)(=O)C2CCCCCC2N)cc1. The smallest absolute Gasteiger partial charge is 0.182 e. The van der Waals surface area contributed by atoms with Crippen LogP contribution in [0.25, 0.3) is 0 Å². The lowest BCUT2D eigenvalue weighted by atomic mass is 9.87. The molecule has 0 saturated heterocycles. The van der Waals surface area contributed by atoms with E-state index < -0.39 is 15.1 Å². The Morgan fingerprint density at radius 1 is 1.00 bits per heavy atom. The Morgan fingerprint density at radius 3 is 2.14 bits per heavy atom. The molecular weight excluding hydrogens is 282 g/mol. The van der Waals surface area contributed by atoms with Crippen molar-refractivity contribution in [1.29, 1.82) is 0 Å². The highest BCUT2D eigenvalue weighted by Crippen LogP contribution is 2.29. The molecule has 1 aromatic carbocycles. The Labute approximate surface area is 128 Å². The molecule has 21 heavy (non-hydrogen) atoms. The van der Waals surface area contributed by atoms with Crippen LogP contribution in [0, 0.1) is 0 Å². The van der Waals surface area contributed by atoms with Crippen molar-refractivity contribution < 1.29 is 8.42 Å². The van der Waals surface area contributed by atoms with Gasteiger partial charge in [0.15, 0.2) is 9.84 Å². The lowest BCUT2D eigenvalue weighted by Crippen LogP contribution is -2.39. The van der Waals surface area contributed by atoms with Crippen molar-refractivity contribution in [3.63, 3.8) is 0 Å². The molecule has 3 nitrogen and oxygen atoms in total. The van der Waals surface area contributed by atoms with Crippen LogP contribution in [0.4, 0.5) is 0 Å². The van der Waals surface area contributed by atoms with E-state index in [1.165, 1.54) is 0 Å². The topological polar surface area (TPSA) is 60.2 Å². The summed E-state index contributed by atoms with van der Waals surface area (Å²) in [6.07, 6.45) is 4.57. The Bertz CT molecular complexity index is 570. The maximum absolute atomic E-state index is 12.8. The first-order valence-corrected chi connectivity index (χ1v) is 9.37. The zero-order valence-corrected chi connectivity index (χ0v) is 14.1. The largest absolute Gasteiger partial charge is 0.327 e. The predicted molar refractivity (Wildman–Crippen MR) is 87.2 cm³/mol. The van der Waals surface area contributed by atoms with Crippen LogP contribution in [0.2, 0.25) is 0 Å². The zero-order chi connectivity index (χ0) is 15.7. The summed E-state index contributed by atoms with van der Waals surface area (Å²) in [7, 11) is -3.32. The number of rotatable bonds is 2. The molecule has 0 spiro atoms. The van der Waals surface area contributed by atoms with Crippen LogP contribution in [0.3, 0.4) is 0 Å². The molecule has 2 atom stereocenters. The quantitative estimate of drug-likeness (QED) is 0.852. The lowest BCUT2D eigenvalue weighted by Gasteiger charge is -2.23. The van der Waals surface area contributed by atoms with Gasteiger partial charge in [0, 0.05) is 6.04 Å². The van der Waals surface area contributed by atoms with Crippen molar-refractivity contribution in [2.24, 2.45) is 5.73 Å². The summed E-state index contributed by atoms with van der Waals surface area (Å²) in [5, 5.41) is -0.430. The molecular formula is C17H27NO2S. The third-order valence-corrected chi connectivity index (χ3v) is 6.76. The van der Waals surface area contributed by atoms with Gasteiger partial charge in [-0.05, 0) is 36.0 Å². The van der Waals surface area contributed by atoms with Gasteiger partial charge >= 0.3 is 0 Å². The van der Waals surface area contributed by atoms with Gasteiger partial charge in [0.05, 0.1) is 10.1 Å². The molecule has 0 heterocycles. The molecule has 0 radical (unpaired) electrons. The Hall–Kier alpha value is -0.870. The van der Waals surface area contributed by atoms with Gasteiger partial charge in [0.25, 0.3) is 0 Å². The van der Waals surface area contributed by atoms with Gasteiger partial charge in [-0.1, -0.05) is 52.2 Å². The number of sulfone groups is 1. The van der Waals surface area contributed by atoms with Gasteiger partial charge in [0.1, 0.15) is 0 Å². The highest BCUT2D eigenvalue weighted by atomic mass is 32.2. The molecule has 0 aliphatic heterocycles. The van der Waals surface area contributed by atoms with E-state index in [9.17, 15) is 8.42 Å². The molecule has 1 saturated carbocycles. The second-order valence-electron chi connectivity index (χ2n) is 7.16. The highest BCUT2D eigenvalue weighted by molar-refractivity contribution is 7.92. The van der Waals surface area contributed by atoms with Crippen molar-refractivity contribution in [2.75, 3.05) is 0 Å². The van der Waals surface area contributed by atoms with Crippen LogP contribution in [-0.4, -0.2) is 19.7 Å². The Kier molecular flexibility index (Phi) is 4.79. The Morgan fingerprint density at radius 2 is 1.57 bits per heavy atom. The second kappa shape index (κ2) is 6.09. The van der Waals surface area contributed by atoms with Crippen molar-refractivity contribution in [1.82, 2.24) is 0 Å². The van der Waals surface area contributed by atoms with Gasteiger partial charge in [-0.2, -0.15) is 0 Å². The summed E-state index contributed by atoms with van der Waals surface area (Å²) < 4.78 is 25.7. The molecule has 118 valence electrons. The number of nitrogens with two attached hydrogens (primary N) is 1. The fraction of sp³-hybridized carbons (Fsp3) is 0.647. The van der Waals surface area contributed by atoms with Crippen molar-refractivity contribution in [2.45, 2.75) is 74.5 Å². The van der Waals surface area contributed by atoms with Crippen LogP contribution in [0.1, 0.15) is 58.4 Å². The standard InChI is InChI=1S/C17H27NO2S/c1-17(2,3)13-9-11-14(12-10-13)21(19,20)16-8-6-4-5-7-15(16)18/h9-12,15-16H,4-8,18H2,1-3H3. The third kappa shape index (κ3) is 3.67. The monoisotopic (exact) mass is 309 g/mol. The minimum Gasteiger partial charge on any atom is -0.327 e. The predicted octanol–water partition coefficient (Wildman–Crippen LogP) is 3.42. The number of benzene rings is 1. The first kappa shape index (κ1) is 16.5. The maximum Gasteiger partial charge on any atom is 0.182 e. The van der Waals surface area contributed by atoms with Gasteiger partial charge < -0.3 is 5.73 Å². The summed E-state index contributed by atoms with van der Waals surface area (Å²) in [5.74, 6) is 0. The van der Waals surface area contributed by atoms with E-state index in [-0.39, 0.29) is 11.5 Å². The van der Waals surface area contributed by atoms with Gasteiger partial charge in [-0.15, -0.1) is 0 Å². The average molecular weight is 309 g/mol. The van der Waals surface area contributed by atoms with Gasteiger partial charge in [-0.25, -0.2) is 8.42 Å². The van der Waals surface area contributed by atoms with Crippen LogP contribution in [0.15, 0.2) is 29.2 Å². The van der Waals surface area contributed by atoms with Crippen molar-refractivity contribution in [3.05, 3.63) is 29.8 Å². The summed E-state index contributed by atoms with van der Waals surface area (Å²) in [5.41, 5.74) is 7.30. The van der Waals surface area contributed by atoms with E-state index in [0.29, 0.717) is 11.3 Å². The third-order valence-electron chi connectivity index (χ3n) is 4.45. The summed E-state index contributed by atoms with van der Waals surface area (Å²) >= 11 is 0. The molecule has 2 rings (SSSR count). The first-order chi connectivity index (χ1) is 9.73. The van der Waals surface area contributed by atoms with Crippen LogP contribution in [-0.2, 0) is 15.3 Å². The lowest BCUT2D eigenvalue weighted by molar-refractivity contribution is 0.531. The van der Waals surface area contributed by atoms with E-state index in [4.69, 9.17) is 5.73 Å². The van der Waals surface area contributed by atoms with Crippen LogP contribution in [0.5, 0.6) is 0 Å². The fourth-order valence-electron chi connectivity index (χ4n) is 3.01. The van der Waals surface area contributed by atoms with E-state index in [2.05, 4.69) is 20.8 Å². The molecule has 1 fully saturated rings. The van der Waals surface area contributed by atoms with Crippen molar-refractivity contribution >= 4 is 9.84 Å². The summed E-state index contributed by atoms with van der Waals surface area (Å²) in [4.78, 5) is 0.415. The number of hydrogen-bond acceptors (Lipinski definition) is 3. The maximum atomic E-state index is 12.8. The second-order valence-corrected chi connectivity index (χ2v) is 9.33. The minimum atomic E-state index is -3.32. The van der Waals surface area contributed by atoms with Gasteiger partial charge in [0.2, 0.25) is 0 Å². The first-order valence-electron chi connectivity index (χ1n) is 7.83. The molecule has 2 unspecified atom stereocenters. The molecule has 2 N–H and O–H groups in total. The van der Waals surface area contributed by atoms with E-state index in [1.54, 1.807) is 12.1 Å². The highest BCUT2D eigenvalue weighted by Gasteiger charge is 2.33. The number of hydrogen-bond donors (Lipinski definition) is 1. The molecule has 0 bridgehead atoms. The molecule has 1 aliphatic carbocycles. The van der Waals surface area contributed by atoms with E-state index >= 15 is 0 Å². The normalized spacial score (nSPS) is 24.6.